The Balaban J connectivity index is 0.000000269. The van der Waals surface area contributed by atoms with Crippen molar-refractivity contribution in [3.8, 4) is 0 Å². The van der Waals surface area contributed by atoms with Crippen LogP contribution < -0.4 is 0 Å². The Hall–Kier alpha value is -9.57. The van der Waals surface area contributed by atoms with Gasteiger partial charge in [0.05, 0.1) is 43.0 Å². The van der Waals surface area contributed by atoms with Crippen LogP contribution in [-0.2, 0) is 0 Å². The van der Waals surface area contributed by atoms with Crippen molar-refractivity contribution < 1.29 is 8.83 Å². The number of thiophene rings is 1. The van der Waals surface area contributed by atoms with Gasteiger partial charge in [-0.2, -0.15) is 36.9 Å². The summed E-state index contributed by atoms with van der Waals surface area (Å²) in [4.78, 5) is 23.9. The van der Waals surface area contributed by atoms with E-state index in [0.29, 0.717) is 0 Å². The summed E-state index contributed by atoms with van der Waals surface area (Å²) in [6, 6.07) is 47.9. The minimum atomic E-state index is 1.31. The molecule has 11 aromatic heterocycles. The van der Waals surface area contributed by atoms with Crippen molar-refractivity contribution in [2.75, 3.05) is 0 Å². The molecule has 0 bridgehead atoms. The topological polar surface area (TPSA) is 247 Å². The molecule has 0 saturated heterocycles. The lowest BCUT2D eigenvalue weighted by Crippen LogP contribution is -1.67. The van der Waals surface area contributed by atoms with Crippen molar-refractivity contribution >= 4 is 44.8 Å². The van der Waals surface area contributed by atoms with E-state index in [1.807, 2.05) is 126 Å². The van der Waals surface area contributed by atoms with Gasteiger partial charge in [0.1, 0.15) is 29.9 Å². The summed E-state index contributed by atoms with van der Waals surface area (Å²) in [5.74, 6) is 0. The van der Waals surface area contributed by atoms with Crippen LogP contribution in [0.4, 0.5) is 0 Å². The summed E-state index contributed by atoms with van der Waals surface area (Å²) in [5.41, 5.74) is 5.15. The van der Waals surface area contributed by atoms with E-state index >= 15 is 0 Å². The molecule has 0 amide bonds. The predicted octanol–water partition coefficient (Wildman–Crippen LogP) is 12.4. The van der Waals surface area contributed by atoms with Gasteiger partial charge in [0.2, 0.25) is 0 Å². The Morgan fingerprint density at radius 2 is 1.00 bits per heavy atom. The van der Waals surface area contributed by atoms with E-state index < -0.39 is 0 Å². The van der Waals surface area contributed by atoms with Gasteiger partial charge >= 0.3 is 0 Å². The fraction of sp³-hybridized carbons (Fsp3) is 0. The average molecular weight is 1020 g/mol. The second-order valence-corrected chi connectivity index (χ2v) is 14.0. The minimum Gasteiger partial charge on any atom is -0.473 e. The number of hydrogen-bond donors (Lipinski definition) is 5. The Kier molecular flexibility index (Phi) is 41.3. The van der Waals surface area contributed by atoms with E-state index in [1.165, 1.54) is 47.4 Å². The molecule has 0 atom stereocenters. The van der Waals surface area contributed by atoms with Crippen LogP contribution in [0.1, 0.15) is 0 Å². The normalized spacial score (nSPS) is 8.28. The monoisotopic (exact) mass is 1020 g/mol. The SMILES string of the molecule is c1c[nH]cn1.c1cc[nH]c1.c1ccc2ccccc2c1.c1ccccc1.c1ccncc1.c1ccoc1.c1ccsc1.c1cn[nH]c1.c1cn[nH]n1.c1cocn1.c1cscn1.c1nc[nH]n1.c1nncs1. The number of oxazole rings is 1. The van der Waals surface area contributed by atoms with Crippen molar-refractivity contribution in [3.05, 3.63) is 297 Å². The van der Waals surface area contributed by atoms with Crippen LogP contribution in [0, 0.1) is 0 Å². The first-order chi connectivity index (χ1) is 36.0. The number of furan rings is 1. The Morgan fingerprint density at radius 3 is 1.21 bits per heavy atom. The van der Waals surface area contributed by atoms with Gasteiger partial charge in [-0.3, -0.25) is 20.2 Å². The van der Waals surface area contributed by atoms with E-state index in [0.717, 1.165) is 0 Å². The fourth-order valence-electron chi connectivity index (χ4n) is 3.81. The third kappa shape index (κ3) is 43.0. The number of nitrogens with one attached hydrogen (secondary N) is 5. The molecule has 5 N–H and O–H groups in total. The third-order valence-corrected chi connectivity index (χ3v) is 8.27. The molecule has 0 aliphatic heterocycles. The molecule has 72 heavy (non-hydrogen) atoms. The molecule has 0 aliphatic carbocycles. The number of pyridine rings is 1. The van der Waals surface area contributed by atoms with Gasteiger partial charge in [-0.1, -0.05) is 103 Å². The number of hydrogen-bond acceptors (Lipinski definition) is 16. The van der Waals surface area contributed by atoms with Crippen molar-refractivity contribution in [2.45, 2.75) is 0 Å². The molecule has 18 nitrogen and oxygen atoms in total. The second kappa shape index (κ2) is 50.8. The van der Waals surface area contributed by atoms with E-state index in [4.69, 9.17) is 0 Å². The van der Waals surface area contributed by atoms with Crippen molar-refractivity contribution in [1.82, 2.24) is 80.9 Å². The molecule has 368 valence electrons. The Labute approximate surface area is 429 Å². The van der Waals surface area contributed by atoms with E-state index in [-0.39, 0.29) is 0 Å². The molecule has 14 aromatic rings. The number of aromatic amines is 5. The lowest BCUT2D eigenvalue weighted by Gasteiger charge is -1.92. The predicted molar refractivity (Wildman–Crippen MR) is 287 cm³/mol. The Bertz CT molecular complexity index is 2030. The molecule has 14 rings (SSSR count). The van der Waals surface area contributed by atoms with Gasteiger partial charge < -0.3 is 18.8 Å². The molecule has 0 radical (unpaired) electrons. The Morgan fingerprint density at radius 1 is 0.347 bits per heavy atom. The van der Waals surface area contributed by atoms with Gasteiger partial charge in [0.25, 0.3) is 0 Å². The number of imidazole rings is 1. The van der Waals surface area contributed by atoms with Crippen LogP contribution in [0.25, 0.3) is 10.8 Å². The molecule has 11 heterocycles. The zero-order chi connectivity index (χ0) is 50.7. The average Bonchev–Trinajstić information content (AvgIpc) is 4.33. The maximum absolute atomic E-state index is 4.58. The zero-order valence-corrected chi connectivity index (χ0v) is 41.2. The molecule has 0 unspecified atom stereocenters. The van der Waals surface area contributed by atoms with Crippen LogP contribution >= 0.6 is 34.0 Å². The third-order valence-electron chi connectivity index (χ3n) is 6.69. The van der Waals surface area contributed by atoms with Crippen molar-refractivity contribution in [1.29, 1.82) is 0 Å². The van der Waals surface area contributed by atoms with Gasteiger partial charge in [-0.15, -0.1) is 32.9 Å². The first kappa shape index (κ1) is 58.6. The zero-order valence-electron chi connectivity index (χ0n) is 38.8. The summed E-state index contributed by atoms with van der Waals surface area (Å²) in [6.45, 7) is 0. The van der Waals surface area contributed by atoms with E-state index in [9.17, 15) is 0 Å². The fourth-order valence-corrected chi connectivity index (χ4v) is 4.89. The molecule has 0 aliphatic rings. The summed E-state index contributed by atoms with van der Waals surface area (Å²) in [7, 11) is 0. The van der Waals surface area contributed by atoms with Gasteiger partial charge in [-0.05, 0) is 64.0 Å². The van der Waals surface area contributed by atoms with Crippen molar-refractivity contribution in [3.63, 3.8) is 0 Å². The maximum Gasteiger partial charge on any atom is 0.180 e. The number of benzene rings is 3. The van der Waals surface area contributed by atoms with E-state index in [1.54, 1.807) is 120 Å². The molecule has 0 fully saturated rings. The highest BCUT2D eigenvalue weighted by atomic mass is 32.1. The second-order valence-electron chi connectivity index (χ2n) is 11.8. The van der Waals surface area contributed by atoms with Gasteiger partial charge in [0.15, 0.2) is 6.39 Å². The van der Waals surface area contributed by atoms with E-state index in [2.05, 4.69) is 138 Å². The highest BCUT2D eigenvalue weighted by Gasteiger charge is 1.85. The van der Waals surface area contributed by atoms with Crippen LogP contribution in [0.2, 0.25) is 0 Å². The molecule has 3 aromatic carbocycles. The summed E-state index contributed by atoms with van der Waals surface area (Å²) >= 11 is 4.81. The summed E-state index contributed by atoms with van der Waals surface area (Å²) in [5, 5.41) is 37.1. The van der Waals surface area contributed by atoms with Crippen LogP contribution in [0.15, 0.2) is 306 Å². The number of H-pyrrole nitrogens is 5. The number of fused-ring (bicyclic) bond motifs is 1. The lowest BCUT2D eigenvalue weighted by atomic mass is 10.1. The maximum atomic E-state index is 4.58. The number of nitrogens with zero attached hydrogens (tertiary/aromatic N) is 11. The van der Waals surface area contributed by atoms with Crippen LogP contribution in [0.5, 0.6) is 0 Å². The van der Waals surface area contributed by atoms with Gasteiger partial charge in [-0.25, -0.2) is 15.0 Å². The molecule has 0 saturated carbocycles. The highest BCUT2D eigenvalue weighted by Crippen LogP contribution is 2.11. The number of aromatic nitrogens is 16. The molecular formula is C51H54N16O2S3. The number of rotatable bonds is 0. The largest absolute Gasteiger partial charge is 0.473 e. The number of thiazole rings is 1. The van der Waals surface area contributed by atoms with Gasteiger partial charge in [0, 0.05) is 61.2 Å². The smallest absolute Gasteiger partial charge is 0.180 e. The minimum absolute atomic E-state index is 1.31. The first-order valence-electron chi connectivity index (χ1n) is 21.1. The molecular weight excluding hydrogens is 965 g/mol. The lowest BCUT2D eigenvalue weighted by molar-refractivity contribution is 0.558. The standard InChI is InChI=1S/C10H8.C6H6.C5H5N.C4H5N.C4H4O.C4H4S.2C3H4N2.C3H3NO.C3H3NS.2C2H3N3.C2H2N2S/c1-2-6-10-8-4-3-7-9(10)5-1;2*1-2-4-6-5-3-1;3*1-2-4-5-3-1;1-2-5-3-4-1;1-2-4-5-3-1;2*1-2-5-3-4-1;1-3-2-5-4-1;1-2-4-5-3-1;1-3-4-2-5-1/h1-8H;1-6H;1-5H;1-5H;2*1-4H;2*1-3H,(H,4,5);2*1-3H;2*1-2H,(H,3,4,5);1-2H. The quantitative estimate of drug-likeness (QED) is 0.0949. The first-order valence-corrected chi connectivity index (χ1v) is 23.9. The van der Waals surface area contributed by atoms with Crippen LogP contribution in [0.3, 0.4) is 0 Å². The summed E-state index contributed by atoms with van der Waals surface area (Å²) < 4.78 is 9.06. The van der Waals surface area contributed by atoms with Crippen LogP contribution in [-0.4, -0.2) is 80.9 Å². The molecule has 21 heteroatoms. The van der Waals surface area contributed by atoms with Crippen molar-refractivity contribution in [2.24, 2.45) is 0 Å². The highest BCUT2D eigenvalue weighted by molar-refractivity contribution is 7.08. The molecule has 0 spiro atoms. The summed E-state index contributed by atoms with van der Waals surface area (Å²) in [6.07, 6.45) is 31.4.